The molecule has 0 aromatic rings. The van der Waals surface area contributed by atoms with Gasteiger partial charge < -0.3 is 14.6 Å². The summed E-state index contributed by atoms with van der Waals surface area (Å²) in [6.07, 6.45) is 0.909. The molecule has 0 spiro atoms. The number of thiol groups is 1. The number of unbranched alkanes of at least 4 members (excludes halogenated alkanes) is 1. The summed E-state index contributed by atoms with van der Waals surface area (Å²) in [5, 5.41) is 8.58. The van der Waals surface area contributed by atoms with Crippen molar-refractivity contribution in [2.75, 3.05) is 26.1 Å². The standard InChI is InChI=1S/C8H16O4S/c1-11-4-2-3-5-12-7(6-13)8(9)10/h7,13H,2-6H2,1H3,(H,9,10). The minimum Gasteiger partial charge on any atom is -0.479 e. The molecular weight excluding hydrogens is 192 g/mol. The summed E-state index contributed by atoms with van der Waals surface area (Å²) >= 11 is 3.87. The highest BCUT2D eigenvalue weighted by atomic mass is 32.1. The molecule has 13 heavy (non-hydrogen) atoms. The summed E-state index contributed by atoms with van der Waals surface area (Å²) in [5.41, 5.74) is 0. The Labute approximate surface area is 83.6 Å². The van der Waals surface area contributed by atoms with Gasteiger partial charge in [-0.05, 0) is 12.8 Å². The van der Waals surface area contributed by atoms with Crippen molar-refractivity contribution in [2.45, 2.75) is 18.9 Å². The monoisotopic (exact) mass is 208 g/mol. The van der Waals surface area contributed by atoms with Gasteiger partial charge in [0.1, 0.15) is 0 Å². The van der Waals surface area contributed by atoms with Crippen LogP contribution in [-0.2, 0) is 14.3 Å². The van der Waals surface area contributed by atoms with Crippen LogP contribution in [0.25, 0.3) is 0 Å². The smallest absolute Gasteiger partial charge is 0.333 e. The maximum absolute atomic E-state index is 10.5. The molecule has 0 amide bonds. The third-order valence-corrected chi connectivity index (χ3v) is 1.83. The van der Waals surface area contributed by atoms with Gasteiger partial charge in [0.25, 0.3) is 0 Å². The first kappa shape index (κ1) is 12.7. The van der Waals surface area contributed by atoms with Crippen molar-refractivity contribution in [3.8, 4) is 0 Å². The molecule has 0 rings (SSSR count). The van der Waals surface area contributed by atoms with Gasteiger partial charge in [0, 0.05) is 26.1 Å². The number of carbonyl (C=O) groups is 1. The van der Waals surface area contributed by atoms with Crippen LogP contribution in [0, 0.1) is 0 Å². The number of carboxylic acids is 1. The second kappa shape index (κ2) is 8.34. The van der Waals surface area contributed by atoms with Crippen molar-refractivity contribution < 1.29 is 19.4 Å². The van der Waals surface area contributed by atoms with Crippen LogP contribution < -0.4 is 0 Å². The Balaban J connectivity index is 3.33. The van der Waals surface area contributed by atoms with E-state index in [0.29, 0.717) is 13.2 Å². The predicted molar refractivity (Wildman–Crippen MR) is 52.3 cm³/mol. The zero-order chi connectivity index (χ0) is 10.1. The van der Waals surface area contributed by atoms with E-state index in [0.717, 1.165) is 12.8 Å². The lowest BCUT2D eigenvalue weighted by Crippen LogP contribution is -2.26. The molecular formula is C8H16O4S. The lowest BCUT2D eigenvalue weighted by molar-refractivity contribution is -0.148. The number of carboxylic acid groups (broad SMARTS) is 1. The molecule has 0 aliphatic carbocycles. The van der Waals surface area contributed by atoms with Crippen molar-refractivity contribution in [1.29, 1.82) is 0 Å². The summed E-state index contributed by atoms with van der Waals surface area (Å²) in [6.45, 7) is 1.13. The van der Waals surface area contributed by atoms with E-state index in [1.54, 1.807) is 7.11 Å². The van der Waals surface area contributed by atoms with Crippen molar-refractivity contribution in [3.05, 3.63) is 0 Å². The van der Waals surface area contributed by atoms with Crippen LogP contribution in [0.3, 0.4) is 0 Å². The molecule has 0 saturated carbocycles. The first-order valence-electron chi connectivity index (χ1n) is 4.16. The van der Waals surface area contributed by atoms with Gasteiger partial charge in [-0.2, -0.15) is 12.6 Å². The normalized spacial score (nSPS) is 12.8. The van der Waals surface area contributed by atoms with Gasteiger partial charge in [0.15, 0.2) is 6.10 Å². The van der Waals surface area contributed by atoms with Crippen LogP contribution in [0.5, 0.6) is 0 Å². The van der Waals surface area contributed by atoms with Crippen LogP contribution in [0.2, 0.25) is 0 Å². The zero-order valence-electron chi connectivity index (χ0n) is 7.73. The van der Waals surface area contributed by atoms with Crippen molar-refractivity contribution in [3.63, 3.8) is 0 Å². The van der Waals surface area contributed by atoms with Gasteiger partial charge in [-0.1, -0.05) is 0 Å². The second-order valence-corrected chi connectivity index (χ2v) is 2.95. The fourth-order valence-corrected chi connectivity index (χ4v) is 1.04. The lowest BCUT2D eigenvalue weighted by Gasteiger charge is -2.10. The fourth-order valence-electron chi connectivity index (χ4n) is 0.776. The van der Waals surface area contributed by atoms with Gasteiger partial charge in [-0.15, -0.1) is 0 Å². The summed E-state index contributed by atoms with van der Waals surface area (Å²) in [5.74, 6) is -0.749. The average Bonchev–Trinajstić information content (AvgIpc) is 2.10. The molecule has 1 N–H and O–H groups in total. The van der Waals surface area contributed by atoms with E-state index in [-0.39, 0.29) is 5.75 Å². The Morgan fingerprint density at radius 1 is 1.46 bits per heavy atom. The van der Waals surface area contributed by atoms with E-state index in [9.17, 15) is 4.79 Å². The lowest BCUT2D eigenvalue weighted by atomic mass is 10.3. The Kier molecular flexibility index (Phi) is 8.18. The molecule has 0 heterocycles. The predicted octanol–water partition coefficient (Wildman–Crippen LogP) is 0.813. The van der Waals surface area contributed by atoms with E-state index in [1.807, 2.05) is 0 Å². The maximum atomic E-state index is 10.5. The average molecular weight is 208 g/mol. The molecule has 0 aromatic carbocycles. The van der Waals surface area contributed by atoms with Gasteiger partial charge in [0.2, 0.25) is 0 Å². The molecule has 0 fully saturated rings. The first-order valence-corrected chi connectivity index (χ1v) is 4.79. The number of hydrogen-bond donors (Lipinski definition) is 2. The molecule has 0 aliphatic rings. The summed E-state index contributed by atoms with van der Waals surface area (Å²) in [7, 11) is 1.63. The van der Waals surface area contributed by atoms with Gasteiger partial charge in [-0.25, -0.2) is 4.79 Å². The highest BCUT2D eigenvalue weighted by molar-refractivity contribution is 7.80. The van der Waals surface area contributed by atoms with Gasteiger partial charge in [-0.3, -0.25) is 0 Å². The van der Waals surface area contributed by atoms with Gasteiger partial charge >= 0.3 is 5.97 Å². The van der Waals surface area contributed by atoms with Crippen LogP contribution in [-0.4, -0.2) is 43.3 Å². The number of rotatable bonds is 8. The van der Waals surface area contributed by atoms with Crippen LogP contribution in [0.15, 0.2) is 0 Å². The van der Waals surface area contributed by atoms with E-state index >= 15 is 0 Å². The third kappa shape index (κ3) is 6.86. The second-order valence-electron chi connectivity index (χ2n) is 2.58. The Morgan fingerprint density at radius 3 is 2.54 bits per heavy atom. The number of aliphatic carboxylic acids is 1. The summed E-state index contributed by atoms with van der Waals surface area (Å²) in [6, 6.07) is 0. The molecule has 4 nitrogen and oxygen atoms in total. The summed E-state index contributed by atoms with van der Waals surface area (Å²) in [4.78, 5) is 10.5. The Hall–Kier alpha value is -0.260. The van der Waals surface area contributed by atoms with Crippen molar-refractivity contribution >= 4 is 18.6 Å². The quantitative estimate of drug-likeness (QED) is 0.458. The number of hydrogen-bond acceptors (Lipinski definition) is 4. The topological polar surface area (TPSA) is 55.8 Å². The zero-order valence-corrected chi connectivity index (χ0v) is 8.63. The number of methoxy groups -OCH3 is 1. The van der Waals surface area contributed by atoms with E-state index in [1.165, 1.54) is 0 Å². The molecule has 78 valence electrons. The van der Waals surface area contributed by atoms with Crippen LogP contribution in [0.4, 0.5) is 0 Å². The van der Waals surface area contributed by atoms with Crippen molar-refractivity contribution in [1.82, 2.24) is 0 Å². The van der Waals surface area contributed by atoms with E-state index < -0.39 is 12.1 Å². The van der Waals surface area contributed by atoms with Crippen LogP contribution in [0.1, 0.15) is 12.8 Å². The molecule has 0 radical (unpaired) electrons. The highest BCUT2D eigenvalue weighted by Gasteiger charge is 2.14. The molecule has 0 aromatic heterocycles. The summed E-state index contributed by atoms with van der Waals surface area (Å²) < 4.78 is 9.90. The van der Waals surface area contributed by atoms with Crippen molar-refractivity contribution in [2.24, 2.45) is 0 Å². The Morgan fingerprint density at radius 2 is 2.08 bits per heavy atom. The SMILES string of the molecule is COCCCCOC(CS)C(=O)O. The molecule has 1 unspecified atom stereocenters. The Bertz CT molecular complexity index is 140. The minimum atomic E-state index is -0.957. The van der Waals surface area contributed by atoms with Gasteiger partial charge in [0.05, 0.1) is 0 Å². The largest absolute Gasteiger partial charge is 0.479 e. The molecule has 1 atom stereocenters. The minimum absolute atomic E-state index is 0.208. The van der Waals surface area contributed by atoms with E-state index in [2.05, 4.69) is 12.6 Å². The molecule has 5 heteroatoms. The highest BCUT2D eigenvalue weighted by Crippen LogP contribution is 1.98. The molecule has 0 aliphatic heterocycles. The maximum Gasteiger partial charge on any atom is 0.333 e. The van der Waals surface area contributed by atoms with Crippen LogP contribution >= 0.6 is 12.6 Å². The third-order valence-electron chi connectivity index (χ3n) is 1.50. The van der Waals surface area contributed by atoms with E-state index in [4.69, 9.17) is 14.6 Å². The number of ether oxygens (including phenoxy) is 2. The molecule has 0 saturated heterocycles. The first-order chi connectivity index (χ1) is 6.22. The molecule has 0 bridgehead atoms. The fraction of sp³-hybridized carbons (Fsp3) is 0.875.